The average Bonchev–Trinajstić information content (AvgIpc) is 2.88. The zero-order chi connectivity index (χ0) is 14.8. The Bertz CT molecular complexity index is 716. The number of carbonyl (C=O) groups is 1. The standard InChI is InChI=1S/C16H16N2O3/c1-3-20-16(19)7-5-12-9-18-13-6-4-11(2)8-14(13)21-10-15(18)17-12/h4-9H,3,10H2,1-2H3/b7-5+. The molecule has 0 atom stereocenters. The van der Waals surface area contributed by atoms with Crippen molar-refractivity contribution < 1.29 is 14.3 Å². The summed E-state index contributed by atoms with van der Waals surface area (Å²) < 4.78 is 12.5. The SMILES string of the molecule is CCOC(=O)/C=C/c1cn2c(n1)COc1cc(C)ccc1-2. The number of aryl methyl sites for hydroxylation is 1. The van der Waals surface area contributed by atoms with Gasteiger partial charge in [0.1, 0.15) is 12.4 Å². The van der Waals surface area contributed by atoms with Crippen molar-refractivity contribution in [3.63, 3.8) is 0 Å². The maximum atomic E-state index is 11.3. The molecule has 0 saturated heterocycles. The first-order valence-electron chi connectivity index (χ1n) is 6.84. The third-order valence-corrected chi connectivity index (χ3v) is 3.21. The minimum atomic E-state index is -0.365. The van der Waals surface area contributed by atoms with Crippen LogP contribution in [-0.2, 0) is 16.1 Å². The van der Waals surface area contributed by atoms with Crippen molar-refractivity contribution in [2.75, 3.05) is 6.61 Å². The molecular weight excluding hydrogens is 268 g/mol. The van der Waals surface area contributed by atoms with Gasteiger partial charge in [0, 0.05) is 12.3 Å². The van der Waals surface area contributed by atoms with E-state index in [4.69, 9.17) is 9.47 Å². The van der Waals surface area contributed by atoms with Crippen molar-refractivity contribution in [2.45, 2.75) is 20.5 Å². The molecule has 1 aromatic heterocycles. The fourth-order valence-corrected chi connectivity index (χ4v) is 2.25. The van der Waals surface area contributed by atoms with Crippen molar-refractivity contribution >= 4 is 12.0 Å². The molecule has 0 amide bonds. The lowest BCUT2D eigenvalue weighted by Crippen LogP contribution is -2.12. The maximum absolute atomic E-state index is 11.3. The summed E-state index contributed by atoms with van der Waals surface area (Å²) in [5, 5.41) is 0. The molecule has 1 aromatic carbocycles. The molecule has 0 spiro atoms. The molecule has 0 radical (unpaired) electrons. The fourth-order valence-electron chi connectivity index (χ4n) is 2.25. The zero-order valence-electron chi connectivity index (χ0n) is 12.0. The van der Waals surface area contributed by atoms with Crippen molar-refractivity contribution in [1.82, 2.24) is 9.55 Å². The van der Waals surface area contributed by atoms with Gasteiger partial charge in [-0.1, -0.05) is 6.07 Å². The molecule has 21 heavy (non-hydrogen) atoms. The molecule has 0 unspecified atom stereocenters. The molecule has 0 aliphatic carbocycles. The summed E-state index contributed by atoms with van der Waals surface area (Å²) in [6.45, 7) is 4.59. The van der Waals surface area contributed by atoms with E-state index < -0.39 is 0 Å². The van der Waals surface area contributed by atoms with E-state index in [0.717, 1.165) is 22.8 Å². The van der Waals surface area contributed by atoms with Gasteiger partial charge in [0.25, 0.3) is 0 Å². The highest BCUT2D eigenvalue weighted by Gasteiger charge is 2.18. The van der Waals surface area contributed by atoms with Gasteiger partial charge in [0.15, 0.2) is 5.82 Å². The molecule has 5 nitrogen and oxygen atoms in total. The number of imidazole rings is 1. The second-order valence-electron chi connectivity index (χ2n) is 4.80. The van der Waals surface area contributed by atoms with E-state index in [2.05, 4.69) is 4.98 Å². The van der Waals surface area contributed by atoms with Crippen LogP contribution in [0.15, 0.2) is 30.5 Å². The molecule has 5 heteroatoms. The highest BCUT2D eigenvalue weighted by Crippen LogP contribution is 2.30. The molecule has 0 fully saturated rings. The van der Waals surface area contributed by atoms with Crippen LogP contribution < -0.4 is 4.74 Å². The van der Waals surface area contributed by atoms with Crippen molar-refractivity contribution in [1.29, 1.82) is 0 Å². The quantitative estimate of drug-likeness (QED) is 0.642. The van der Waals surface area contributed by atoms with Crippen LogP contribution in [0.25, 0.3) is 11.8 Å². The molecular formula is C16H16N2O3. The molecule has 0 N–H and O–H groups in total. The summed E-state index contributed by atoms with van der Waals surface area (Å²) in [4.78, 5) is 15.8. The number of benzene rings is 1. The molecule has 1 aliphatic heterocycles. The molecule has 108 valence electrons. The Labute approximate surface area is 122 Å². The summed E-state index contributed by atoms with van der Waals surface area (Å²) >= 11 is 0. The summed E-state index contributed by atoms with van der Waals surface area (Å²) in [5.41, 5.74) is 2.82. The first kappa shape index (κ1) is 13.4. The lowest BCUT2D eigenvalue weighted by Gasteiger charge is -2.19. The Morgan fingerprint density at radius 1 is 1.52 bits per heavy atom. The van der Waals surface area contributed by atoms with Crippen LogP contribution in [0.1, 0.15) is 24.0 Å². The van der Waals surface area contributed by atoms with Crippen LogP contribution in [0.2, 0.25) is 0 Å². The molecule has 0 bridgehead atoms. The molecule has 2 aromatic rings. The van der Waals surface area contributed by atoms with E-state index in [1.165, 1.54) is 6.08 Å². The van der Waals surface area contributed by atoms with Crippen LogP contribution in [0.5, 0.6) is 5.75 Å². The lowest BCUT2D eigenvalue weighted by atomic mass is 10.2. The maximum Gasteiger partial charge on any atom is 0.330 e. The number of hydrogen-bond donors (Lipinski definition) is 0. The van der Waals surface area contributed by atoms with Gasteiger partial charge in [0.05, 0.1) is 18.0 Å². The summed E-state index contributed by atoms with van der Waals surface area (Å²) in [6.07, 6.45) is 4.92. The number of rotatable bonds is 3. The third kappa shape index (κ3) is 2.67. The van der Waals surface area contributed by atoms with Crippen molar-refractivity contribution in [3.05, 3.63) is 47.6 Å². The van der Waals surface area contributed by atoms with Crippen LogP contribution in [0.3, 0.4) is 0 Å². The van der Waals surface area contributed by atoms with Gasteiger partial charge in [-0.3, -0.25) is 4.57 Å². The number of aromatic nitrogens is 2. The van der Waals surface area contributed by atoms with Gasteiger partial charge in [-0.15, -0.1) is 0 Å². The molecule has 3 rings (SSSR count). The average molecular weight is 284 g/mol. The van der Waals surface area contributed by atoms with Crippen LogP contribution in [0, 0.1) is 6.92 Å². The number of nitrogens with zero attached hydrogens (tertiary/aromatic N) is 2. The van der Waals surface area contributed by atoms with E-state index in [-0.39, 0.29) is 5.97 Å². The number of carbonyl (C=O) groups excluding carboxylic acids is 1. The van der Waals surface area contributed by atoms with E-state index >= 15 is 0 Å². The minimum absolute atomic E-state index is 0.365. The largest absolute Gasteiger partial charge is 0.483 e. The van der Waals surface area contributed by atoms with Crippen LogP contribution in [0.4, 0.5) is 0 Å². The Hall–Kier alpha value is -2.56. The molecule has 0 saturated carbocycles. The first-order chi connectivity index (χ1) is 10.2. The zero-order valence-corrected chi connectivity index (χ0v) is 12.0. The Morgan fingerprint density at radius 2 is 2.38 bits per heavy atom. The number of esters is 1. The van der Waals surface area contributed by atoms with Gasteiger partial charge < -0.3 is 9.47 Å². The predicted octanol–water partition coefficient (Wildman–Crippen LogP) is 2.65. The Kier molecular flexibility index (Phi) is 3.48. The highest BCUT2D eigenvalue weighted by atomic mass is 16.5. The van der Waals surface area contributed by atoms with Crippen LogP contribution >= 0.6 is 0 Å². The fraction of sp³-hybridized carbons (Fsp3) is 0.250. The minimum Gasteiger partial charge on any atom is -0.483 e. The summed E-state index contributed by atoms with van der Waals surface area (Å²) in [6, 6.07) is 6.05. The smallest absolute Gasteiger partial charge is 0.330 e. The second kappa shape index (κ2) is 5.44. The monoisotopic (exact) mass is 284 g/mol. The number of hydrogen-bond acceptors (Lipinski definition) is 4. The van der Waals surface area contributed by atoms with Crippen molar-refractivity contribution in [3.8, 4) is 11.4 Å². The topological polar surface area (TPSA) is 53.4 Å². The predicted molar refractivity (Wildman–Crippen MR) is 78.3 cm³/mol. The third-order valence-electron chi connectivity index (χ3n) is 3.21. The van der Waals surface area contributed by atoms with Crippen molar-refractivity contribution in [2.24, 2.45) is 0 Å². The molecule has 1 aliphatic rings. The molecule has 2 heterocycles. The highest BCUT2D eigenvalue weighted by molar-refractivity contribution is 5.86. The van der Waals surface area contributed by atoms with Gasteiger partial charge >= 0.3 is 5.97 Å². The Balaban J connectivity index is 1.90. The van der Waals surface area contributed by atoms with E-state index in [1.54, 1.807) is 13.0 Å². The van der Waals surface area contributed by atoms with Gasteiger partial charge in [0.2, 0.25) is 0 Å². The summed E-state index contributed by atoms with van der Waals surface area (Å²) in [5.74, 6) is 1.30. The Morgan fingerprint density at radius 3 is 3.19 bits per heavy atom. The normalized spacial score (nSPS) is 12.7. The van der Waals surface area contributed by atoms with Crippen LogP contribution in [-0.4, -0.2) is 22.1 Å². The van der Waals surface area contributed by atoms with Gasteiger partial charge in [-0.2, -0.15) is 0 Å². The lowest BCUT2D eigenvalue weighted by molar-refractivity contribution is -0.137. The van der Waals surface area contributed by atoms with Gasteiger partial charge in [-0.05, 0) is 37.6 Å². The summed E-state index contributed by atoms with van der Waals surface area (Å²) in [7, 11) is 0. The second-order valence-corrected chi connectivity index (χ2v) is 4.80. The van der Waals surface area contributed by atoms with E-state index in [9.17, 15) is 4.79 Å². The van der Waals surface area contributed by atoms with E-state index in [0.29, 0.717) is 18.9 Å². The van der Waals surface area contributed by atoms with E-state index in [1.807, 2.05) is 35.9 Å². The van der Waals surface area contributed by atoms with Gasteiger partial charge in [-0.25, -0.2) is 9.78 Å². The first-order valence-corrected chi connectivity index (χ1v) is 6.84. The number of ether oxygens (including phenoxy) is 2. The number of fused-ring (bicyclic) bond motifs is 3.